The first-order valence-corrected chi connectivity index (χ1v) is 7.24. The minimum absolute atomic E-state index is 0.956. The fourth-order valence-electron chi connectivity index (χ4n) is 2.02. The van der Waals surface area contributed by atoms with Crippen LogP contribution in [-0.4, -0.2) is 0 Å². The van der Waals surface area contributed by atoms with Crippen molar-refractivity contribution in [3.8, 4) is 0 Å². The van der Waals surface area contributed by atoms with Crippen LogP contribution in [0, 0.1) is 0 Å². The number of hydrogen-bond donors (Lipinski definition) is 0. The van der Waals surface area contributed by atoms with Gasteiger partial charge in [0.2, 0.25) is 0 Å². The molecule has 1 rings (SSSR count). The predicted octanol–water partition coefficient (Wildman–Crippen LogP) is 5.99. The van der Waals surface area contributed by atoms with Gasteiger partial charge < -0.3 is 4.42 Å². The van der Waals surface area contributed by atoms with Gasteiger partial charge in [0.05, 0.1) is 6.26 Å². The Balaban J connectivity index is 1.83. The van der Waals surface area contributed by atoms with Gasteiger partial charge in [-0.05, 0) is 43.9 Å². The van der Waals surface area contributed by atoms with Crippen molar-refractivity contribution in [1.82, 2.24) is 0 Å². The van der Waals surface area contributed by atoms with E-state index in [1.165, 1.54) is 51.4 Å². The smallest absolute Gasteiger partial charge is 0.126 e. The highest BCUT2D eigenvalue weighted by Crippen LogP contribution is 2.11. The van der Waals surface area contributed by atoms with Crippen molar-refractivity contribution in [2.45, 2.75) is 57.8 Å². The van der Waals surface area contributed by atoms with E-state index in [-0.39, 0.29) is 0 Å². The van der Waals surface area contributed by atoms with E-state index >= 15 is 0 Å². The van der Waals surface area contributed by atoms with Gasteiger partial charge in [-0.2, -0.15) is 0 Å². The molecule has 0 amide bonds. The Morgan fingerprint density at radius 1 is 0.944 bits per heavy atom. The van der Waals surface area contributed by atoms with Crippen molar-refractivity contribution in [2.75, 3.05) is 0 Å². The molecule has 0 aliphatic heterocycles. The zero-order valence-corrected chi connectivity index (χ0v) is 11.4. The summed E-state index contributed by atoms with van der Waals surface area (Å²) < 4.78 is 5.23. The predicted molar refractivity (Wildman–Crippen MR) is 79.5 cm³/mol. The lowest BCUT2D eigenvalue weighted by Crippen LogP contribution is -1.80. The second kappa shape index (κ2) is 10.9. The molecule has 100 valence electrons. The van der Waals surface area contributed by atoms with Crippen LogP contribution in [0.1, 0.15) is 63.5 Å². The standard InChI is InChI=1S/C17H26O/c1-2-3-4-5-6-7-8-9-10-11-12-14-17-15-13-16-18-17/h2,12-16H,1,3-11H2/b14-12-. The summed E-state index contributed by atoms with van der Waals surface area (Å²) in [5.41, 5.74) is 0. The van der Waals surface area contributed by atoms with Crippen LogP contribution in [0.25, 0.3) is 6.08 Å². The van der Waals surface area contributed by atoms with Crippen LogP contribution < -0.4 is 0 Å². The third-order valence-electron chi connectivity index (χ3n) is 3.10. The summed E-state index contributed by atoms with van der Waals surface area (Å²) >= 11 is 0. The molecule has 1 aromatic heterocycles. The molecule has 0 radical (unpaired) electrons. The van der Waals surface area contributed by atoms with Crippen LogP contribution in [0.3, 0.4) is 0 Å². The van der Waals surface area contributed by atoms with E-state index in [4.69, 9.17) is 4.42 Å². The molecule has 0 aromatic carbocycles. The molecule has 0 N–H and O–H groups in total. The molecule has 1 heteroatoms. The third-order valence-corrected chi connectivity index (χ3v) is 3.10. The van der Waals surface area contributed by atoms with Crippen molar-refractivity contribution in [3.63, 3.8) is 0 Å². The Hall–Kier alpha value is -1.24. The van der Waals surface area contributed by atoms with E-state index in [0.29, 0.717) is 0 Å². The molecule has 0 unspecified atom stereocenters. The Bertz CT molecular complexity index is 308. The maximum Gasteiger partial charge on any atom is 0.126 e. The summed E-state index contributed by atoms with van der Waals surface area (Å²) in [7, 11) is 0. The molecule has 0 spiro atoms. The number of rotatable bonds is 11. The van der Waals surface area contributed by atoms with E-state index < -0.39 is 0 Å². The van der Waals surface area contributed by atoms with Gasteiger partial charge in [0.1, 0.15) is 5.76 Å². The van der Waals surface area contributed by atoms with Gasteiger partial charge in [0.25, 0.3) is 0 Å². The first-order valence-electron chi connectivity index (χ1n) is 7.24. The van der Waals surface area contributed by atoms with Gasteiger partial charge in [0.15, 0.2) is 0 Å². The van der Waals surface area contributed by atoms with Gasteiger partial charge in [-0.3, -0.25) is 0 Å². The van der Waals surface area contributed by atoms with Crippen LogP contribution in [-0.2, 0) is 0 Å². The summed E-state index contributed by atoms with van der Waals surface area (Å²) in [6.07, 6.45) is 19.8. The summed E-state index contributed by atoms with van der Waals surface area (Å²) in [6, 6.07) is 3.91. The molecule has 0 aliphatic rings. The van der Waals surface area contributed by atoms with E-state index in [1.54, 1.807) is 6.26 Å². The maximum absolute atomic E-state index is 5.23. The topological polar surface area (TPSA) is 13.1 Å². The van der Waals surface area contributed by atoms with Gasteiger partial charge in [0, 0.05) is 0 Å². The van der Waals surface area contributed by atoms with E-state index in [9.17, 15) is 0 Å². The SMILES string of the molecule is C=CCCCCCCCCC/C=C\c1ccco1. The summed E-state index contributed by atoms with van der Waals surface area (Å²) in [6.45, 7) is 3.74. The van der Waals surface area contributed by atoms with Crippen molar-refractivity contribution < 1.29 is 4.42 Å². The van der Waals surface area contributed by atoms with Crippen LogP contribution in [0.5, 0.6) is 0 Å². The van der Waals surface area contributed by atoms with Crippen LogP contribution >= 0.6 is 0 Å². The number of unbranched alkanes of at least 4 members (excludes halogenated alkanes) is 8. The average Bonchev–Trinajstić information content (AvgIpc) is 2.89. The molecule has 0 atom stereocenters. The average molecular weight is 246 g/mol. The Kier molecular flexibility index (Phi) is 8.96. The highest BCUT2D eigenvalue weighted by molar-refractivity contribution is 5.41. The summed E-state index contributed by atoms with van der Waals surface area (Å²) in [5.74, 6) is 0.956. The molecule has 0 saturated heterocycles. The van der Waals surface area contributed by atoms with Crippen molar-refractivity contribution in [3.05, 3.63) is 42.9 Å². The van der Waals surface area contributed by atoms with Crippen molar-refractivity contribution in [2.24, 2.45) is 0 Å². The Labute approximate surface area is 112 Å². The Morgan fingerprint density at radius 2 is 1.61 bits per heavy atom. The number of furan rings is 1. The zero-order chi connectivity index (χ0) is 12.9. The number of hydrogen-bond acceptors (Lipinski definition) is 1. The highest BCUT2D eigenvalue weighted by Gasteiger charge is 1.91. The quantitative estimate of drug-likeness (QED) is 0.345. The molecular weight excluding hydrogens is 220 g/mol. The molecular formula is C17H26O. The first-order chi connectivity index (χ1) is 8.93. The maximum atomic E-state index is 5.23. The van der Waals surface area contributed by atoms with E-state index in [2.05, 4.69) is 18.7 Å². The lowest BCUT2D eigenvalue weighted by atomic mass is 10.1. The normalized spacial score (nSPS) is 11.1. The van der Waals surface area contributed by atoms with E-state index in [1.807, 2.05) is 18.2 Å². The summed E-state index contributed by atoms with van der Waals surface area (Å²) in [4.78, 5) is 0. The molecule has 1 nitrogen and oxygen atoms in total. The molecule has 0 saturated carbocycles. The monoisotopic (exact) mass is 246 g/mol. The van der Waals surface area contributed by atoms with Crippen molar-refractivity contribution in [1.29, 1.82) is 0 Å². The molecule has 0 bridgehead atoms. The fourth-order valence-corrected chi connectivity index (χ4v) is 2.02. The van der Waals surface area contributed by atoms with Gasteiger partial charge in [-0.15, -0.1) is 6.58 Å². The van der Waals surface area contributed by atoms with Gasteiger partial charge >= 0.3 is 0 Å². The van der Waals surface area contributed by atoms with Crippen molar-refractivity contribution >= 4 is 6.08 Å². The largest absolute Gasteiger partial charge is 0.465 e. The molecule has 0 fully saturated rings. The van der Waals surface area contributed by atoms with Crippen LogP contribution in [0.15, 0.2) is 41.5 Å². The molecule has 1 aromatic rings. The van der Waals surface area contributed by atoms with Gasteiger partial charge in [-0.25, -0.2) is 0 Å². The molecule has 1 heterocycles. The molecule has 0 aliphatic carbocycles. The van der Waals surface area contributed by atoms with Crippen LogP contribution in [0.2, 0.25) is 0 Å². The second-order valence-electron chi connectivity index (χ2n) is 4.76. The van der Waals surface area contributed by atoms with E-state index in [0.717, 1.165) is 12.2 Å². The zero-order valence-electron chi connectivity index (χ0n) is 11.4. The van der Waals surface area contributed by atoms with Crippen LogP contribution in [0.4, 0.5) is 0 Å². The highest BCUT2D eigenvalue weighted by atomic mass is 16.3. The third kappa shape index (κ3) is 7.94. The lowest BCUT2D eigenvalue weighted by Gasteiger charge is -1.99. The second-order valence-corrected chi connectivity index (χ2v) is 4.76. The minimum Gasteiger partial charge on any atom is -0.465 e. The molecule has 18 heavy (non-hydrogen) atoms. The fraction of sp³-hybridized carbons (Fsp3) is 0.529. The van der Waals surface area contributed by atoms with Gasteiger partial charge in [-0.1, -0.05) is 44.3 Å². The minimum atomic E-state index is 0.956. The first kappa shape index (κ1) is 14.8. The summed E-state index contributed by atoms with van der Waals surface area (Å²) in [5, 5.41) is 0. The Morgan fingerprint density at radius 3 is 2.22 bits per heavy atom. The number of allylic oxidation sites excluding steroid dienone is 2. The lowest BCUT2D eigenvalue weighted by molar-refractivity contribution is 0.556.